The molecule has 0 atom stereocenters. The number of aromatic nitrogens is 4. The van der Waals surface area contributed by atoms with Crippen LogP contribution in [0.15, 0.2) is 23.1 Å². The van der Waals surface area contributed by atoms with Crippen LogP contribution in [-0.2, 0) is 17.1 Å². The zero-order chi connectivity index (χ0) is 17.1. The Morgan fingerprint density at radius 3 is 2.67 bits per heavy atom. The lowest BCUT2D eigenvalue weighted by Crippen LogP contribution is -2.14. The summed E-state index contributed by atoms with van der Waals surface area (Å²) in [5, 5.41) is 6.66. The van der Waals surface area contributed by atoms with Crippen molar-refractivity contribution < 1.29 is 8.42 Å². The van der Waals surface area contributed by atoms with Crippen molar-refractivity contribution in [1.29, 1.82) is 0 Å². The first-order valence-electron chi connectivity index (χ1n) is 7.87. The molecule has 0 bridgehead atoms. The van der Waals surface area contributed by atoms with Crippen molar-refractivity contribution in [3.8, 4) is 0 Å². The Bertz CT molecular complexity index is 1020. The molecular weight excluding hydrogens is 326 g/mol. The molecule has 0 amide bonds. The van der Waals surface area contributed by atoms with Crippen molar-refractivity contribution in [2.75, 3.05) is 4.72 Å². The molecule has 126 valence electrons. The normalized spacial score (nSPS) is 15.1. The lowest BCUT2D eigenvalue weighted by atomic mass is 10.3. The molecule has 1 aliphatic rings. The highest BCUT2D eigenvalue weighted by Gasteiger charge is 2.29. The van der Waals surface area contributed by atoms with Gasteiger partial charge in [-0.2, -0.15) is 5.10 Å². The maximum Gasteiger partial charge on any atom is 0.265 e. The maximum absolute atomic E-state index is 12.6. The second-order valence-electron chi connectivity index (χ2n) is 6.38. The van der Waals surface area contributed by atoms with Crippen LogP contribution < -0.4 is 4.72 Å². The summed E-state index contributed by atoms with van der Waals surface area (Å²) in [5.74, 6) is 1.62. The zero-order valence-electron chi connectivity index (χ0n) is 13.8. The van der Waals surface area contributed by atoms with Gasteiger partial charge in [-0.3, -0.25) is 9.82 Å². The van der Waals surface area contributed by atoms with E-state index >= 15 is 0 Å². The maximum atomic E-state index is 12.6. The highest BCUT2D eigenvalue weighted by atomic mass is 32.2. The number of nitrogens with one attached hydrogen (secondary N) is 2. The van der Waals surface area contributed by atoms with Crippen LogP contribution in [0.2, 0.25) is 0 Å². The molecule has 0 spiro atoms. The molecule has 0 saturated heterocycles. The topological polar surface area (TPSA) is 92.7 Å². The number of sulfonamides is 1. The van der Waals surface area contributed by atoms with E-state index in [1.165, 1.54) is 12.8 Å². The predicted molar refractivity (Wildman–Crippen MR) is 91.6 cm³/mol. The summed E-state index contributed by atoms with van der Waals surface area (Å²) in [6, 6.07) is 5.45. The summed E-state index contributed by atoms with van der Waals surface area (Å²) in [4.78, 5) is 4.87. The van der Waals surface area contributed by atoms with Crippen molar-refractivity contribution in [2.45, 2.75) is 37.5 Å². The average molecular weight is 345 g/mol. The minimum Gasteiger partial charge on any atom is -0.331 e. The standard InChI is InChI=1S/C16H19N5O2S/c1-9-15(10(2)19-18-9)24(22,23)20-12-6-7-14-13(8-12)17-16(21(14)3)11-4-5-11/h6-8,11,20H,4-5H2,1-3H3,(H,18,19). The van der Waals surface area contributed by atoms with Gasteiger partial charge in [-0.1, -0.05) is 0 Å². The Labute approximate surface area is 140 Å². The van der Waals surface area contributed by atoms with Gasteiger partial charge in [-0.05, 0) is 44.9 Å². The number of fused-ring (bicyclic) bond motifs is 1. The SMILES string of the molecule is Cc1n[nH]c(C)c1S(=O)(=O)Nc1ccc2c(c1)nc(C1CC1)n2C. The lowest BCUT2D eigenvalue weighted by Gasteiger charge is -2.08. The number of aryl methyl sites for hydroxylation is 3. The van der Waals surface area contributed by atoms with Gasteiger partial charge in [-0.25, -0.2) is 13.4 Å². The fraction of sp³-hybridized carbons (Fsp3) is 0.375. The second kappa shape index (κ2) is 5.07. The average Bonchev–Trinajstić information content (AvgIpc) is 3.22. The molecular formula is C16H19N5O2S. The number of benzene rings is 1. The Kier molecular flexibility index (Phi) is 3.21. The molecule has 4 rings (SSSR count). The van der Waals surface area contributed by atoms with E-state index in [-0.39, 0.29) is 4.90 Å². The van der Waals surface area contributed by atoms with Gasteiger partial charge in [0.1, 0.15) is 10.7 Å². The molecule has 0 radical (unpaired) electrons. The molecule has 1 aliphatic carbocycles. The van der Waals surface area contributed by atoms with Gasteiger partial charge in [0.05, 0.1) is 28.1 Å². The van der Waals surface area contributed by atoms with E-state index in [1.54, 1.807) is 26.0 Å². The fourth-order valence-corrected chi connectivity index (χ4v) is 4.55. The number of aromatic amines is 1. The molecule has 7 nitrogen and oxygen atoms in total. The highest BCUT2D eigenvalue weighted by molar-refractivity contribution is 7.92. The number of nitrogens with zero attached hydrogens (tertiary/aromatic N) is 3. The lowest BCUT2D eigenvalue weighted by molar-refractivity contribution is 0.600. The van der Waals surface area contributed by atoms with Crippen molar-refractivity contribution in [1.82, 2.24) is 19.7 Å². The van der Waals surface area contributed by atoms with Gasteiger partial charge in [-0.15, -0.1) is 0 Å². The minimum absolute atomic E-state index is 0.197. The predicted octanol–water partition coefficient (Wildman–Crippen LogP) is 2.59. The van der Waals surface area contributed by atoms with Crippen molar-refractivity contribution in [3.05, 3.63) is 35.4 Å². The molecule has 2 aromatic heterocycles. The first-order valence-corrected chi connectivity index (χ1v) is 9.36. The van der Waals surface area contributed by atoms with E-state index in [4.69, 9.17) is 0 Å². The summed E-state index contributed by atoms with van der Waals surface area (Å²) in [7, 11) is -1.68. The number of anilines is 1. The summed E-state index contributed by atoms with van der Waals surface area (Å²) < 4.78 is 30.0. The van der Waals surface area contributed by atoms with E-state index in [2.05, 4.69) is 24.5 Å². The van der Waals surface area contributed by atoms with Crippen molar-refractivity contribution >= 4 is 26.7 Å². The van der Waals surface area contributed by atoms with Crippen LogP contribution in [0.25, 0.3) is 11.0 Å². The number of rotatable bonds is 4. The molecule has 24 heavy (non-hydrogen) atoms. The highest BCUT2D eigenvalue weighted by Crippen LogP contribution is 2.40. The smallest absolute Gasteiger partial charge is 0.265 e. The van der Waals surface area contributed by atoms with Crippen LogP contribution in [0, 0.1) is 13.8 Å². The van der Waals surface area contributed by atoms with Crippen molar-refractivity contribution in [3.63, 3.8) is 0 Å². The Balaban J connectivity index is 1.72. The first-order chi connectivity index (χ1) is 11.4. The third-order valence-corrected chi connectivity index (χ3v) is 6.08. The van der Waals surface area contributed by atoms with Crippen LogP contribution in [0.3, 0.4) is 0 Å². The van der Waals surface area contributed by atoms with E-state index in [9.17, 15) is 8.42 Å². The van der Waals surface area contributed by atoms with E-state index < -0.39 is 10.0 Å². The quantitative estimate of drug-likeness (QED) is 0.760. The van der Waals surface area contributed by atoms with Crippen LogP contribution in [-0.4, -0.2) is 28.2 Å². The van der Waals surface area contributed by atoms with Gasteiger partial charge in [0, 0.05) is 13.0 Å². The van der Waals surface area contributed by atoms with Gasteiger partial charge < -0.3 is 4.57 Å². The van der Waals surface area contributed by atoms with E-state index in [0.717, 1.165) is 16.9 Å². The Morgan fingerprint density at radius 2 is 2.04 bits per heavy atom. The van der Waals surface area contributed by atoms with Crippen LogP contribution in [0.1, 0.15) is 36.0 Å². The van der Waals surface area contributed by atoms with Crippen molar-refractivity contribution in [2.24, 2.45) is 7.05 Å². The number of imidazole rings is 1. The summed E-state index contributed by atoms with van der Waals surface area (Å²) in [6.45, 7) is 3.36. The minimum atomic E-state index is -3.69. The largest absolute Gasteiger partial charge is 0.331 e. The summed E-state index contributed by atoms with van der Waals surface area (Å²) in [6.07, 6.45) is 2.35. The van der Waals surface area contributed by atoms with Gasteiger partial charge in [0.25, 0.3) is 10.0 Å². The van der Waals surface area contributed by atoms with Crippen LogP contribution >= 0.6 is 0 Å². The van der Waals surface area contributed by atoms with E-state index in [0.29, 0.717) is 23.0 Å². The van der Waals surface area contributed by atoms with Crippen LogP contribution in [0.4, 0.5) is 5.69 Å². The number of H-pyrrole nitrogens is 1. The Morgan fingerprint density at radius 1 is 1.29 bits per heavy atom. The third-order valence-electron chi connectivity index (χ3n) is 4.44. The first kappa shape index (κ1) is 15.2. The van der Waals surface area contributed by atoms with Crippen LogP contribution in [0.5, 0.6) is 0 Å². The van der Waals surface area contributed by atoms with Gasteiger partial charge in [0.15, 0.2) is 0 Å². The zero-order valence-corrected chi connectivity index (χ0v) is 14.6. The second-order valence-corrected chi connectivity index (χ2v) is 7.99. The number of hydrogen-bond acceptors (Lipinski definition) is 4. The fourth-order valence-electron chi connectivity index (χ4n) is 3.13. The third kappa shape index (κ3) is 2.37. The monoisotopic (exact) mass is 345 g/mol. The molecule has 2 heterocycles. The van der Waals surface area contributed by atoms with E-state index in [1.807, 2.05) is 13.1 Å². The number of hydrogen-bond donors (Lipinski definition) is 2. The molecule has 1 aromatic carbocycles. The molecule has 3 aromatic rings. The van der Waals surface area contributed by atoms with Gasteiger partial charge in [0.2, 0.25) is 0 Å². The molecule has 2 N–H and O–H groups in total. The summed E-state index contributed by atoms with van der Waals surface area (Å²) in [5.41, 5.74) is 3.29. The molecule has 0 unspecified atom stereocenters. The molecule has 0 aliphatic heterocycles. The summed E-state index contributed by atoms with van der Waals surface area (Å²) >= 11 is 0. The molecule has 1 fully saturated rings. The molecule has 1 saturated carbocycles. The Hall–Kier alpha value is -2.35. The van der Waals surface area contributed by atoms with Gasteiger partial charge >= 0.3 is 0 Å². The molecule has 8 heteroatoms.